The molecule has 21 heavy (non-hydrogen) atoms. The van der Waals surface area contributed by atoms with Crippen molar-refractivity contribution in [2.75, 3.05) is 0 Å². The fourth-order valence-corrected chi connectivity index (χ4v) is 2.52. The first-order chi connectivity index (χ1) is 9.97. The highest BCUT2D eigenvalue weighted by atomic mass is 19.1. The molecule has 108 valence electrons. The third-order valence-electron chi connectivity index (χ3n) is 3.85. The van der Waals surface area contributed by atoms with Gasteiger partial charge in [0, 0.05) is 7.05 Å². The Kier molecular flexibility index (Phi) is 3.16. The second kappa shape index (κ2) is 4.88. The van der Waals surface area contributed by atoms with Gasteiger partial charge >= 0.3 is 5.69 Å². The van der Waals surface area contributed by atoms with E-state index in [1.807, 2.05) is 18.2 Å². The molecule has 0 aliphatic rings. The van der Waals surface area contributed by atoms with Gasteiger partial charge < -0.3 is 4.98 Å². The molecule has 4 heteroatoms. The quantitative estimate of drug-likeness (QED) is 0.763. The number of imidazole rings is 1. The molecule has 0 spiro atoms. The minimum atomic E-state index is -0.407. The highest BCUT2D eigenvalue weighted by Crippen LogP contribution is 2.27. The standard InChI is InChI=1S/C17H17FN2O/c1-10(2)11-5-4-6-12(7-11)13-8-14(18)16-15(9-13)20(3)17(21)19-16/h4-10H,1-3H3,(H,19,21). The van der Waals surface area contributed by atoms with Crippen LogP contribution in [0.15, 0.2) is 41.2 Å². The molecular weight excluding hydrogens is 267 g/mol. The molecule has 3 rings (SSSR count). The van der Waals surface area contributed by atoms with Gasteiger partial charge in [0.1, 0.15) is 11.3 Å². The molecule has 0 aliphatic carbocycles. The van der Waals surface area contributed by atoms with Gasteiger partial charge in [-0.25, -0.2) is 9.18 Å². The number of aromatic amines is 1. The largest absolute Gasteiger partial charge is 0.326 e. The van der Waals surface area contributed by atoms with Crippen LogP contribution < -0.4 is 5.69 Å². The molecular formula is C17H17FN2O. The molecule has 3 aromatic rings. The van der Waals surface area contributed by atoms with Crippen molar-refractivity contribution in [3.8, 4) is 11.1 Å². The average molecular weight is 284 g/mol. The van der Waals surface area contributed by atoms with Crippen molar-refractivity contribution in [1.82, 2.24) is 9.55 Å². The molecule has 0 aliphatic heterocycles. The Bertz CT molecular complexity index is 874. The predicted octanol–water partition coefficient (Wildman–Crippen LogP) is 3.80. The lowest BCUT2D eigenvalue weighted by molar-refractivity contribution is 0.637. The first-order valence-corrected chi connectivity index (χ1v) is 6.96. The van der Waals surface area contributed by atoms with Crippen LogP contribution in [0.3, 0.4) is 0 Å². The highest BCUT2D eigenvalue weighted by molar-refractivity contribution is 5.82. The maximum atomic E-state index is 14.2. The van der Waals surface area contributed by atoms with Crippen molar-refractivity contribution in [2.24, 2.45) is 7.05 Å². The van der Waals surface area contributed by atoms with Crippen LogP contribution in [-0.2, 0) is 7.05 Å². The van der Waals surface area contributed by atoms with E-state index < -0.39 is 5.82 Å². The van der Waals surface area contributed by atoms with E-state index in [0.29, 0.717) is 11.4 Å². The van der Waals surface area contributed by atoms with E-state index in [0.717, 1.165) is 11.1 Å². The van der Waals surface area contributed by atoms with Crippen molar-refractivity contribution < 1.29 is 4.39 Å². The molecule has 0 fully saturated rings. The molecule has 3 nitrogen and oxygen atoms in total. The van der Waals surface area contributed by atoms with Crippen LogP contribution in [-0.4, -0.2) is 9.55 Å². The summed E-state index contributed by atoms with van der Waals surface area (Å²) in [5, 5.41) is 0. The van der Waals surface area contributed by atoms with E-state index in [1.165, 1.54) is 16.2 Å². The van der Waals surface area contributed by atoms with Crippen LogP contribution in [0.1, 0.15) is 25.3 Å². The van der Waals surface area contributed by atoms with Crippen LogP contribution in [0.5, 0.6) is 0 Å². The summed E-state index contributed by atoms with van der Waals surface area (Å²) >= 11 is 0. The summed E-state index contributed by atoms with van der Waals surface area (Å²) in [7, 11) is 1.63. The van der Waals surface area contributed by atoms with Crippen LogP contribution in [0.25, 0.3) is 22.2 Å². The fraction of sp³-hybridized carbons (Fsp3) is 0.235. The number of hydrogen-bond donors (Lipinski definition) is 1. The Hall–Kier alpha value is -2.36. The Balaban J connectivity index is 2.23. The van der Waals surface area contributed by atoms with Crippen molar-refractivity contribution in [1.29, 1.82) is 0 Å². The molecule has 0 bridgehead atoms. The van der Waals surface area contributed by atoms with Gasteiger partial charge in [-0.2, -0.15) is 0 Å². The van der Waals surface area contributed by atoms with Crippen molar-refractivity contribution in [3.63, 3.8) is 0 Å². The smallest absolute Gasteiger partial charge is 0.303 e. The number of nitrogens with zero attached hydrogens (tertiary/aromatic N) is 1. The lowest BCUT2D eigenvalue weighted by atomic mass is 9.97. The SMILES string of the molecule is CC(C)c1cccc(-c2cc(F)c3[nH]c(=O)n(C)c3c2)c1. The third-order valence-corrected chi connectivity index (χ3v) is 3.85. The van der Waals surface area contributed by atoms with Crippen molar-refractivity contribution >= 4 is 11.0 Å². The van der Waals surface area contributed by atoms with Gasteiger partial charge in [0.2, 0.25) is 0 Å². The molecule has 2 aromatic carbocycles. The van der Waals surface area contributed by atoms with Crippen LogP contribution in [0, 0.1) is 5.82 Å². The second-order valence-electron chi connectivity index (χ2n) is 5.62. The van der Waals surface area contributed by atoms with E-state index >= 15 is 0 Å². The minimum Gasteiger partial charge on any atom is -0.303 e. The minimum absolute atomic E-state index is 0.256. The summed E-state index contributed by atoms with van der Waals surface area (Å²) < 4.78 is 15.6. The highest BCUT2D eigenvalue weighted by Gasteiger charge is 2.11. The van der Waals surface area contributed by atoms with Crippen molar-refractivity contribution in [3.05, 3.63) is 58.3 Å². The molecule has 0 saturated carbocycles. The Morgan fingerprint density at radius 1 is 1.14 bits per heavy atom. The number of nitrogens with one attached hydrogen (secondary N) is 1. The van der Waals surface area contributed by atoms with E-state index in [4.69, 9.17) is 0 Å². The van der Waals surface area contributed by atoms with E-state index in [9.17, 15) is 9.18 Å². The summed E-state index contributed by atoms with van der Waals surface area (Å²) in [5.41, 5.74) is 3.46. The molecule has 0 amide bonds. The number of halogens is 1. The van der Waals surface area contributed by atoms with Gasteiger partial charge in [-0.3, -0.25) is 4.57 Å². The van der Waals surface area contributed by atoms with Gasteiger partial charge in [-0.1, -0.05) is 38.1 Å². The molecule has 1 N–H and O–H groups in total. The number of fused-ring (bicyclic) bond motifs is 1. The average Bonchev–Trinajstić information content (AvgIpc) is 2.76. The summed E-state index contributed by atoms with van der Waals surface area (Å²) in [6, 6.07) is 11.4. The maximum absolute atomic E-state index is 14.2. The summed E-state index contributed by atoms with van der Waals surface area (Å²) in [6.07, 6.45) is 0. The lowest BCUT2D eigenvalue weighted by Crippen LogP contribution is -2.11. The van der Waals surface area contributed by atoms with E-state index in [-0.39, 0.29) is 11.2 Å². The fourth-order valence-electron chi connectivity index (χ4n) is 2.52. The molecule has 0 atom stereocenters. The van der Waals surface area contributed by atoms with Gasteiger partial charge in [-0.05, 0) is 34.7 Å². The normalized spacial score (nSPS) is 11.5. The van der Waals surface area contributed by atoms with Gasteiger partial charge in [0.25, 0.3) is 0 Å². The predicted molar refractivity (Wildman–Crippen MR) is 83.0 cm³/mol. The van der Waals surface area contributed by atoms with E-state index in [1.54, 1.807) is 7.05 Å². The topological polar surface area (TPSA) is 37.8 Å². The summed E-state index contributed by atoms with van der Waals surface area (Å²) in [5.74, 6) is 0.00490. The van der Waals surface area contributed by atoms with Gasteiger partial charge in [-0.15, -0.1) is 0 Å². The molecule has 1 heterocycles. The molecule has 0 radical (unpaired) electrons. The number of hydrogen-bond acceptors (Lipinski definition) is 1. The first kappa shape index (κ1) is 13.6. The lowest BCUT2D eigenvalue weighted by Gasteiger charge is -2.09. The van der Waals surface area contributed by atoms with Crippen LogP contribution >= 0.6 is 0 Å². The Labute approximate surface area is 122 Å². The molecule has 0 saturated heterocycles. The Morgan fingerprint density at radius 2 is 1.90 bits per heavy atom. The van der Waals surface area contributed by atoms with Gasteiger partial charge in [0.15, 0.2) is 0 Å². The summed E-state index contributed by atoms with van der Waals surface area (Å²) in [6.45, 7) is 4.25. The second-order valence-corrected chi connectivity index (χ2v) is 5.62. The first-order valence-electron chi connectivity index (χ1n) is 6.96. The molecule has 0 unspecified atom stereocenters. The zero-order valence-electron chi connectivity index (χ0n) is 12.3. The van der Waals surface area contributed by atoms with E-state index in [2.05, 4.69) is 31.0 Å². The van der Waals surface area contributed by atoms with Gasteiger partial charge in [0.05, 0.1) is 5.52 Å². The van der Waals surface area contributed by atoms with Crippen LogP contribution in [0.4, 0.5) is 4.39 Å². The maximum Gasteiger partial charge on any atom is 0.326 e. The Morgan fingerprint density at radius 3 is 2.62 bits per heavy atom. The number of H-pyrrole nitrogens is 1. The number of benzene rings is 2. The third kappa shape index (κ3) is 2.27. The summed E-state index contributed by atoms with van der Waals surface area (Å²) in [4.78, 5) is 14.2. The number of aromatic nitrogens is 2. The number of rotatable bonds is 2. The van der Waals surface area contributed by atoms with Crippen LogP contribution in [0.2, 0.25) is 0 Å². The zero-order valence-corrected chi connectivity index (χ0v) is 12.3. The van der Waals surface area contributed by atoms with Crippen molar-refractivity contribution in [2.45, 2.75) is 19.8 Å². The monoisotopic (exact) mass is 284 g/mol. The molecule has 1 aromatic heterocycles. The zero-order chi connectivity index (χ0) is 15.1. The number of aryl methyl sites for hydroxylation is 1.